The monoisotopic (exact) mass is 269 g/mol. The number of primary amides is 1. The van der Waals surface area contributed by atoms with Crippen molar-refractivity contribution < 1.29 is 4.79 Å². The van der Waals surface area contributed by atoms with Crippen LogP contribution in [0.2, 0.25) is 0 Å². The Bertz CT molecular complexity index is 596. The molecule has 1 amide bonds. The van der Waals surface area contributed by atoms with Crippen molar-refractivity contribution in [2.75, 3.05) is 17.2 Å². The number of benzene rings is 2. The summed E-state index contributed by atoms with van der Waals surface area (Å²) in [6, 6.07) is 15.3. The number of carbonyl (C=O) groups excluding carboxylic acids is 1. The first-order valence-corrected chi connectivity index (χ1v) is 6.60. The molecule has 0 radical (unpaired) electrons. The van der Waals surface area contributed by atoms with Crippen LogP contribution in [0.15, 0.2) is 48.5 Å². The third-order valence-electron chi connectivity index (χ3n) is 3.25. The molecule has 2 aromatic carbocycles. The number of anilines is 2. The fourth-order valence-corrected chi connectivity index (χ4v) is 2.27. The van der Waals surface area contributed by atoms with Gasteiger partial charge in [0.15, 0.2) is 0 Å². The molecule has 2 aromatic rings. The predicted octanol–water partition coefficient (Wildman–Crippen LogP) is 2.39. The molecule has 0 unspecified atom stereocenters. The molecule has 0 aliphatic carbocycles. The predicted molar refractivity (Wildman–Crippen MR) is 82.5 cm³/mol. The van der Waals surface area contributed by atoms with Gasteiger partial charge >= 0.3 is 0 Å². The van der Waals surface area contributed by atoms with Gasteiger partial charge in [0, 0.05) is 13.1 Å². The number of nitrogen functional groups attached to an aromatic ring is 1. The van der Waals surface area contributed by atoms with E-state index in [9.17, 15) is 4.79 Å². The number of para-hydroxylation sites is 1. The second-order valence-electron chi connectivity index (χ2n) is 4.61. The summed E-state index contributed by atoms with van der Waals surface area (Å²) in [5, 5.41) is 0. The molecule has 0 heterocycles. The summed E-state index contributed by atoms with van der Waals surface area (Å²) in [4.78, 5) is 13.6. The largest absolute Gasteiger partial charge is 0.397 e. The van der Waals surface area contributed by atoms with Crippen LogP contribution in [0.4, 0.5) is 11.4 Å². The fraction of sp³-hybridized carbons (Fsp3) is 0.188. The Kier molecular flexibility index (Phi) is 4.25. The van der Waals surface area contributed by atoms with Crippen molar-refractivity contribution in [2.45, 2.75) is 13.5 Å². The molecule has 4 N–H and O–H groups in total. The molecular formula is C16H19N3O. The highest BCUT2D eigenvalue weighted by Gasteiger charge is 2.16. The molecule has 20 heavy (non-hydrogen) atoms. The van der Waals surface area contributed by atoms with Crippen molar-refractivity contribution >= 4 is 17.3 Å². The average Bonchev–Trinajstić information content (AvgIpc) is 2.46. The van der Waals surface area contributed by atoms with E-state index in [1.54, 1.807) is 18.2 Å². The first kappa shape index (κ1) is 13.9. The van der Waals surface area contributed by atoms with Crippen LogP contribution in [0, 0.1) is 0 Å². The summed E-state index contributed by atoms with van der Waals surface area (Å²) < 4.78 is 0. The Morgan fingerprint density at radius 3 is 2.40 bits per heavy atom. The van der Waals surface area contributed by atoms with Crippen molar-refractivity contribution in [2.24, 2.45) is 5.73 Å². The second-order valence-corrected chi connectivity index (χ2v) is 4.61. The molecule has 0 saturated carbocycles. The van der Waals surface area contributed by atoms with Crippen LogP contribution in [-0.2, 0) is 6.54 Å². The van der Waals surface area contributed by atoms with E-state index in [1.807, 2.05) is 37.3 Å². The van der Waals surface area contributed by atoms with Crippen LogP contribution >= 0.6 is 0 Å². The van der Waals surface area contributed by atoms with Crippen molar-refractivity contribution in [1.29, 1.82) is 0 Å². The first-order valence-electron chi connectivity index (χ1n) is 6.60. The van der Waals surface area contributed by atoms with E-state index in [0.717, 1.165) is 12.1 Å². The van der Waals surface area contributed by atoms with Crippen LogP contribution in [0.3, 0.4) is 0 Å². The highest BCUT2D eigenvalue weighted by atomic mass is 16.1. The summed E-state index contributed by atoms with van der Waals surface area (Å²) >= 11 is 0. The lowest BCUT2D eigenvalue weighted by atomic mass is 10.1. The van der Waals surface area contributed by atoms with E-state index < -0.39 is 5.91 Å². The van der Waals surface area contributed by atoms with Crippen molar-refractivity contribution in [3.8, 4) is 0 Å². The molecule has 2 rings (SSSR count). The zero-order valence-electron chi connectivity index (χ0n) is 11.5. The molecule has 4 nitrogen and oxygen atoms in total. The fourth-order valence-electron chi connectivity index (χ4n) is 2.27. The first-order chi connectivity index (χ1) is 9.63. The molecule has 0 aliphatic rings. The van der Waals surface area contributed by atoms with E-state index in [0.29, 0.717) is 23.5 Å². The maximum atomic E-state index is 11.6. The summed E-state index contributed by atoms with van der Waals surface area (Å²) in [5.74, 6) is -0.459. The molecule has 0 bridgehead atoms. The maximum absolute atomic E-state index is 11.6. The average molecular weight is 269 g/mol. The normalized spacial score (nSPS) is 10.2. The Morgan fingerprint density at radius 1 is 1.10 bits per heavy atom. The lowest BCUT2D eigenvalue weighted by Gasteiger charge is -2.26. The number of rotatable bonds is 5. The molecule has 0 atom stereocenters. The summed E-state index contributed by atoms with van der Waals surface area (Å²) in [5.41, 5.74) is 14.4. The minimum absolute atomic E-state index is 0.459. The maximum Gasteiger partial charge on any atom is 0.250 e. The topological polar surface area (TPSA) is 72.3 Å². The highest BCUT2D eigenvalue weighted by molar-refractivity contribution is 6.01. The van der Waals surface area contributed by atoms with Gasteiger partial charge in [-0.1, -0.05) is 36.4 Å². The minimum atomic E-state index is -0.459. The third-order valence-corrected chi connectivity index (χ3v) is 3.25. The molecule has 0 fully saturated rings. The minimum Gasteiger partial charge on any atom is -0.397 e. The van der Waals surface area contributed by atoms with Crippen molar-refractivity contribution in [3.05, 3.63) is 59.7 Å². The molecule has 4 heteroatoms. The van der Waals surface area contributed by atoms with Gasteiger partial charge in [0.05, 0.1) is 16.9 Å². The van der Waals surface area contributed by atoms with E-state index in [1.165, 1.54) is 0 Å². The quantitative estimate of drug-likeness (QED) is 0.819. The summed E-state index contributed by atoms with van der Waals surface area (Å²) in [7, 11) is 0. The Morgan fingerprint density at radius 2 is 1.80 bits per heavy atom. The number of nitrogens with two attached hydrogens (primary N) is 2. The smallest absolute Gasteiger partial charge is 0.250 e. The Labute approximate surface area is 119 Å². The molecular weight excluding hydrogens is 250 g/mol. The standard InChI is InChI=1S/C16H19N3O/c1-2-19(11-12-7-4-3-5-8-12)15-13(16(18)20)9-6-10-14(15)17/h3-10H,2,11,17H2,1H3,(H2,18,20). The Balaban J connectivity index is 2.39. The van der Waals surface area contributed by atoms with E-state index in [-0.39, 0.29) is 0 Å². The van der Waals surface area contributed by atoms with Crippen LogP contribution in [0.25, 0.3) is 0 Å². The van der Waals surface area contributed by atoms with Crippen LogP contribution in [0.5, 0.6) is 0 Å². The number of carbonyl (C=O) groups is 1. The number of hydrogen-bond acceptors (Lipinski definition) is 3. The van der Waals surface area contributed by atoms with Gasteiger partial charge in [0.25, 0.3) is 5.91 Å². The summed E-state index contributed by atoms with van der Waals surface area (Å²) in [6.07, 6.45) is 0. The van der Waals surface area contributed by atoms with E-state index >= 15 is 0 Å². The van der Waals surface area contributed by atoms with Gasteiger partial charge < -0.3 is 16.4 Å². The second kappa shape index (κ2) is 6.10. The van der Waals surface area contributed by atoms with Gasteiger partial charge in [-0.05, 0) is 24.6 Å². The van der Waals surface area contributed by atoms with E-state index in [4.69, 9.17) is 11.5 Å². The van der Waals surface area contributed by atoms with Gasteiger partial charge in [-0.15, -0.1) is 0 Å². The van der Waals surface area contributed by atoms with Crippen LogP contribution in [0.1, 0.15) is 22.8 Å². The molecule has 0 saturated heterocycles. The molecule has 0 aromatic heterocycles. The zero-order valence-corrected chi connectivity index (χ0v) is 11.5. The van der Waals surface area contributed by atoms with Gasteiger partial charge in [0.1, 0.15) is 0 Å². The number of hydrogen-bond donors (Lipinski definition) is 2. The van der Waals surface area contributed by atoms with Crippen LogP contribution < -0.4 is 16.4 Å². The van der Waals surface area contributed by atoms with Gasteiger partial charge in [-0.3, -0.25) is 4.79 Å². The number of amides is 1. The molecule has 0 aliphatic heterocycles. The van der Waals surface area contributed by atoms with Crippen LogP contribution in [-0.4, -0.2) is 12.5 Å². The third kappa shape index (κ3) is 2.91. The van der Waals surface area contributed by atoms with Gasteiger partial charge in [0.2, 0.25) is 0 Å². The SMILES string of the molecule is CCN(Cc1ccccc1)c1c(N)cccc1C(N)=O. The highest BCUT2D eigenvalue weighted by Crippen LogP contribution is 2.28. The van der Waals surface area contributed by atoms with Crippen molar-refractivity contribution in [3.63, 3.8) is 0 Å². The van der Waals surface area contributed by atoms with Crippen molar-refractivity contribution in [1.82, 2.24) is 0 Å². The molecule has 0 spiro atoms. The lowest BCUT2D eigenvalue weighted by molar-refractivity contribution is 0.100. The summed E-state index contributed by atoms with van der Waals surface area (Å²) in [6.45, 7) is 3.45. The van der Waals surface area contributed by atoms with Gasteiger partial charge in [-0.2, -0.15) is 0 Å². The Hall–Kier alpha value is -2.49. The van der Waals surface area contributed by atoms with E-state index in [2.05, 4.69) is 4.90 Å². The lowest BCUT2D eigenvalue weighted by Crippen LogP contribution is -2.26. The van der Waals surface area contributed by atoms with Gasteiger partial charge in [-0.25, -0.2) is 0 Å². The zero-order chi connectivity index (χ0) is 14.5. The number of nitrogens with zero attached hydrogens (tertiary/aromatic N) is 1. The molecule has 104 valence electrons.